The van der Waals surface area contributed by atoms with Crippen molar-refractivity contribution in [2.45, 2.75) is 6.92 Å². The largest absolute Gasteiger partial charge is 0.345 e. The maximum atomic E-state index is 13.0. The molecule has 1 aromatic heterocycles. The van der Waals surface area contributed by atoms with E-state index in [1.165, 1.54) is 18.3 Å². The fourth-order valence-electron chi connectivity index (χ4n) is 1.41. The third-order valence-electron chi connectivity index (χ3n) is 2.16. The number of aromatic nitrogens is 2. The van der Waals surface area contributed by atoms with Gasteiger partial charge >= 0.3 is 5.69 Å². The number of benzene rings is 1. The number of nitrogens with zero attached hydrogens (tertiary/aromatic N) is 1. The molecule has 4 heteroatoms. The van der Waals surface area contributed by atoms with Gasteiger partial charge in [-0.05, 0) is 30.7 Å². The highest BCUT2D eigenvalue weighted by atomic mass is 19.1. The molecule has 0 radical (unpaired) electrons. The molecular formula is C11H9FN2O. The van der Waals surface area contributed by atoms with Crippen molar-refractivity contribution in [2.75, 3.05) is 0 Å². The SMILES string of the molecule is Cc1ccc(F)cc1-c1ccnc(=O)[nH]1. The van der Waals surface area contributed by atoms with Crippen LogP contribution in [0.1, 0.15) is 5.56 Å². The van der Waals surface area contributed by atoms with Gasteiger partial charge in [-0.2, -0.15) is 0 Å². The molecule has 76 valence electrons. The molecule has 0 aliphatic carbocycles. The normalized spacial score (nSPS) is 10.3. The second-order valence-electron chi connectivity index (χ2n) is 3.25. The van der Waals surface area contributed by atoms with E-state index in [4.69, 9.17) is 0 Å². The van der Waals surface area contributed by atoms with Gasteiger partial charge in [0.05, 0.1) is 5.69 Å². The summed E-state index contributed by atoms with van der Waals surface area (Å²) in [5.41, 5.74) is 1.72. The highest BCUT2D eigenvalue weighted by molar-refractivity contribution is 5.62. The molecule has 1 N–H and O–H groups in total. The Bertz CT molecular complexity index is 548. The molecule has 0 saturated carbocycles. The highest BCUT2D eigenvalue weighted by Gasteiger charge is 2.03. The van der Waals surface area contributed by atoms with Gasteiger partial charge in [0, 0.05) is 11.8 Å². The summed E-state index contributed by atoms with van der Waals surface area (Å²) in [6.45, 7) is 1.85. The van der Waals surface area contributed by atoms with E-state index in [-0.39, 0.29) is 5.82 Å². The van der Waals surface area contributed by atoms with E-state index in [1.54, 1.807) is 12.1 Å². The van der Waals surface area contributed by atoms with Gasteiger partial charge < -0.3 is 4.98 Å². The Labute approximate surface area is 85.6 Å². The fraction of sp³-hybridized carbons (Fsp3) is 0.0909. The molecule has 2 rings (SSSR count). The minimum Gasteiger partial charge on any atom is -0.305 e. The monoisotopic (exact) mass is 204 g/mol. The minimum atomic E-state index is -0.434. The number of halogens is 1. The lowest BCUT2D eigenvalue weighted by Gasteiger charge is -2.04. The Balaban J connectivity index is 2.63. The van der Waals surface area contributed by atoms with Crippen molar-refractivity contribution < 1.29 is 4.39 Å². The van der Waals surface area contributed by atoms with Crippen molar-refractivity contribution in [3.8, 4) is 11.3 Å². The van der Waals surface area contributed by atoms with Gasteiger partial charge in [-0.25, -0.2) is 14.2 Å². The van der Waals surface area contributed by atoms with Crippen LogP contribution in [0.15, 0.2) is 35.3 Å². The van der Waals surface area contributed by atoms with Crippen molar-refractivity contribution in [1.29, 1.82) is 0 Å². The summed E-state index contributed by atoms with van der Waals surface area (Å²) in [5, 5.41) is 0. The van der Waals surface area contributed by atoms with E-state index in [0.29, 0.717) is 11.3 Å². The molecule has 0 spiro atoms. The van der Waals surface area contributed by atoms with Crippen LogP contribution in [0, 0.1) is 12.7 Å². The summed E-state index contributed by atoms with van der Waals surface area (Å²) in [6.07, 6.45) is 1.40. The molecule has 0 saturated heterocycles. The van der Waals surface area contributed by atoms with Crippen molar-refractivity contribution >= 4 is 0 Å². The third-order valence-corrected chi connectivity index (χ3v) is 2.16. The molecule has 0 unspecified atom stereocenters. The van der Waals surface area contributed by atoms with E-state index < -0.39 is 5.69 Å². The molecule has 0 aliphatic rings. The second kappa shape index (κ2) is 3.65. The Hall–Kier alpha value is -1.97. The molecule has 0 amide bonds. The average Bonchev–Trinajstić information content (AvgIpc) is 2.22. The van der Waals surface area contributed by atoms with Gasteiger partial charge in [-0.1, -0.05) is 6.07 Å². The molecule has 15 heavy (non-hydrogen) atoms. The van der Waals surface area contributed by atoms with Crippen molar-refractivity contribution in [3.05, 3.63) is 52.3 Å². The average molecular weight is 204 g/mol. The Kier molecular flexibility index (Phi) is 2.33. The number of rotatable bonds is 1. The van der Waals surface area contributed by atoms with Crippen LogP contribution in [0.4, 0.5) is 4.39 Å². The first-order chi connectivity index (χ1) is 7.16. The number of H-pyrrole nitrogens is 1. The highest BCUT2D eigenvalue weighted by Crippen LogP contribution is 2.20. The summed E-state index contributed by atoms with van der Waals surface area (Å²) >= 11 is 0. The van der Waals surface area contributed by atoms with Crippen LogP contribution in [-0.2, 0) is 0 Å². The van der Waals surface area contributed by atoms with Gasteiger partial charge in [0.25, 0.3) is 0 Å². The second-order valence-corrected chi connectivity index (χ2v) is 3.25. The van der Waals surface area contributed by atoms with E-state index in [0.717, 1.165) is 5.56 Å². The summed E-state index contributed by atoms with van der Waals surface area (Å²) in [4.78, 5) is 17.1. The van der Waals surface area contributed by atoms with Gasteiger partial charge in [-0.15, -0.1) is 0 Å². The van der Waals surface area contributed by atoms with Gasteiger partial charge in [0.15, 0.2) is 0 Å². The molecule has 0 bridgehead atoms. The van der Waals surface area contributed by atoms with Crippen LogP contribution in [0.5, 0.6) is 0 Å². The Morgan fingerprint density at radius 3 is 2.87 bits per heavy atom. The van der Waals surface area contributed by atoms with E-state index in [9.17, 15) is 9.18 Å². The van der Waals surface area contributed by atoms with Crippen LogP contribution in [0.3, 0.4) is 0 Å². The van der Waals surface area contributed by atoms with Crippen molar-refractivity contribution in [3.63, 3.8) is 0 Å². The fourth-order valence-corrected chi connectivity index (χ4v) is 1.41. The van der Waals surface area contributed by atoms with Crippen molar-refractivity contribution in [2.24, 2.45) is 0 Å². The molecule has 1 heterocycles. The minimum absolute atomic E-state index is 0.326. The number of hydrogen-bond acceptors (Lipinski definition) is 2. The predicted octanol–water partition coefficient (Wildman–Crippen LogP) is 1.88. The number of aromatic amines is 1. The van der Waals surface area contributed by atoms with Gasteiger partial charge in [-0.3, -0.25) is 0 Å². The smallest absolute Gasteiger partial charge is 0.305 e. The Morgan fingerprint density at radius 1 is 1.33 bits per heavy atom. The molecule has 0 fully saturated rings. The first-order valence-corrected chi connectivity index (χ1v) is 4.48. The Morgan fingerprint density at radius 2 is 2.13 bits per heavy atom. The summed E-state index contributed by atoms with van der Waals surface area (Å²) in [7, 11) is 0. The summed E-state index contributed by atoms with van der Waals surface area (Å²) < 4.78 is 13.0. The van der Waals surface area contributed by atoms with Crippen LogP contribution in [0.2, 0.25) is 0 Å². The third kappa shape index (κ3) is 1.93. The quantitative estimate of drug-likeness (QED) is 0.770. The predicted molar refractivity (Wildman–Crippen MR) is 55.0 cm³/mol. The lowest BCUT2D eigenvalue weighted by atomic mass is 10.1. The van der Waals surface area contributed by atoms with Gasteiger partial charge in [0.2, 0.25) is 0 Å². The summed E-state index contributed by atoms with van der Waals surface area (Å²) in [6, 6.07) is 6.09. The molecule has 1 aromatic carbocycles. The molecule has 2 aromatic rings. The van der Waals surface area contributed by atoms with Crippen LogP contribution in [0.25, 0.3) is 11.3 Å². The van der Waals surface area contributed by atoms with Gasteiger partial charge in [0.1, 0.15) is 5.82 Å². The topological polar surface area (TPSA) is 45.8 Å². The zero-order valence-corrected chi connectivity index (χ0v) is 8.12. The van der Waals surface area contributed by atoms with E-state index in [2.05, 4.69) is 9.97 Å². The first kappa shape index (κ1) is 9.58. The zero-order valence-electron chi connectivity index (χ0n) is 8.12. The number of nitrogens with one attached hydrogen (secondary N) is 1. The molecule has 0 atom stereocenters. The maximum Gasteiger partial charge on any atom is 0.345 e. The summed E-state index contributed by atoms with van der Waals surface area (Å²) in [5.74, 6) is -0.326. The van der Waals surface area contributed by atoms with Crippen LogP contribution in [-0.4, -0.2) is 9.97 Å². The van der Waals surface area contributed by atoms with E-state index >= 15 is 0 Å². The van der Waals surface area contributed by atoms with Crippen molar-refractivity contribution in [1.82, 2.24) is 9.97 Å². The maximum absolute atomic E-state index is 13.0. The van der Waals surface area contributed by atoms with Crippen LogP contribution >= 0.6 is 0 Å². The van der Waals surface area contributed by atoms with Crippen LogP contribution < -0.4 is 5.69 Å². The zero-order chi connectivity index (χ0) is 10.8. The number of hydrogen-bond donors (Lipinski definition) is 1. The van der Waals surface area contributed by atoms with E-state index in [1.807, 2.05) is 6.92 Å². The number of aryl methyl sites for hydroxylation is 1. The standard InChI is InChI=1S/C11H9FN2O/c1-7-2-3-8(12)6-9(7)10-4-5-13-11(15)14-10/h2-6H,1H3,(H,13,14,15). The lowest BCUT2D eigenvalue weighted by Crippen LogP contribution is -2.09. The first-order valence-electron chi connectivity index (χ1n) is 4.48. The molecule has 3 nitrogen and oxygen atoms in total. The molecule has 0 aliphatic heterocycles. The molecular weight excluding hydrogens is 195 g/mol. The lowest BCUT2D eigenvalue weighted by molar-refractivity contribution is 0.628.